The minimum absolute atomic E-state index is 0.125. The number of thiazole rings is 1. The van der Waals surface area contributed by atoms with Crippen molar-refractivity contribution in [3.8, 4) is 11.4 Å². The monoisotopic (exact) mass is 365 g/mol. The lowest BCUT2D eigenvalue weighted by atomic mass is 10.2. The smallest absolute Gasteiger partial charge is 0.223 e. The summed E-state index contributed by atoms with van der Waals surface area (Å²) in [7, 11) is 0. The van der Waals surface area contributed by atoms with Crippen LogP contribution in [0, 0.1) is 0 Å². The molecule has 0 bridgehead atoms. The highest BCUT2D eigenvalue weighted by Crippen LogP contribution is 2.25. The minimum Gasteiger partial charge on any atom is -0.302 e. The third-order valence-corrected chi connectivity index (χ3v) is 4.71. The minimum atomic E-state index is -0.125. The van der Waals surface area contributed by atoms with Crippen LogP contribution in [-0.4, -0.2) is 26.1 Å². The molecule has 0 saturated heterocycles. The quantitative estimate of drug-likeness (QED) is 0.671. The Kier molecular flexibility index (Phi) is 4.94. The van der Waals surface area contributed by atoms with Crippen LogP contribution < -0.4 is 5.32 Å². The molecule has 23 heavy (non-hydrogen) atoms. The SMILES string of the molecule is CC(=O)Nc1nc(CSc2n[nH]c(-c3ccc(Cl)cc3)n2)cs1. The van der Waals surface area contributed by atoms with Crippen LogP contribution in [0.2, 0.25) is 5.02 Å². The summed E-state index contributed by atoms with van der Waals surface area (Å²) in [5.41, 5.74) is 1.80. The summed E-state index contributed by atoms with van der Waals surface area (Å²) in [5.74, 6) is 1.20. The number of aromatic amines is 1. The largest absolute Gasteiger partial charge is 0.302 e. The van der Waals surface area contributed by atoms with Gasteiger partial charge < -0.3 is 5.32 Å². The van der Waals surface area contributed by atoms with Gasteiger partial charge in [0.1, 0.15) is 0 Å². The number of nitrogens with zero attached hydrogens (tertiary/aromatic N) is 3. The lowest BCUT2D eigenvalue weighted by Crippen LogP contribution is -2.05. The van der Waals surface area contributed by atoms with E-state index in [9.17, 15) is 4.79 Å². The van der Waals surface area contributed by atoms with Gasteiger partial charge in [0, 0.05) is 28.6 Å². The fourth-order valence-corrected chi connectivity index (χ4v) is 3.45. The van der Waals surface area contributed by atoms with Crippen LogP contribution in [0.4, 0.5) is 5.13 Å². The lowest BCUT2D eigenvalue weighted by Gasteiger charge is -1.95. The van der Waals surface area contributed by atoms with Gasteiger partial charge in [0.25, 0.3) is 0 Å². The highest BCUT2D eigenvalue weighted by Gasteiger charge is 2.09. The number of carbonyl (C=O) groups excluding carboxylic acids is 1. The van der Waals surface area contributed by atoms with Crippen molar-refractivity contribution >= 4 is 45.7 Å². The number of carbonyl (C=O) groups is 1. The van der Waals surface area contributed by atoms with Gasteiger partial charge in [-0.2, -0.15) is 0 Å². The van der Waals surface area contributed by atoms with Crippen LogP contribution in [0.1, 0.15) is 12.6 Å². The highest BCUT2D eigenvalue weighted by atomic mass is 35.5. The van der Waals surface area contributed by atoms with E-state index in [1.807, 2.05) is 29.6 Å². The van der Waals surface area contributed by atoms with Crippen LogP contribution in [0.25, 0.3) is 11.4 Å². The highest BCUT2D eigenvalue weighted by molar-refractivity contribution is 7.98. The Balaban J connectivity index is 1.62. The van der Waals surface area contributed by atoms with Crippen LogP contribution in [0.3, 0.4) is 0 Å². The molecular formula is C14H12ClN5OS2. The number of hydrogen-bond donors (Lipinski definition) is 2. The van der Waals surface area contributed by atoms with Crippen molar-refractivity contribution in [3.63, 3.8) is 0 Å². The molecular weight excluding hydrogens is 354 g/mol. The first kappa shape index (κ1) is 16.0. The molecule has 0 aliphatic rings. The Bertz CT molecular complexity index is 815. The number of amides is 1. The van der Waals surface area contributed by atoms with Crippen molar-refractivity contribution in [2.45, 2.75) is 17.8 Å². The average molecular weight is 366 g/mol. The molecule has 1 amide bonds. The molecule has 0 atom stereocenters. The average Bonchev–Trinajstić information content (AvgIpc) is 3.14. The summed E-state index contributed by atoms with van der Waals surface area (Å²) in [6.07, 6.45) is 0. The van der Waals surface area contributed by atoms with Crippen molar-refractivity contribution in [1.82, 2.24) is 20.2 Å². The first-order valence-electron chi connectivity index (χ1n) is 6.63. The number of aromatic nitrogens is 4. The van der Waals surface area contributed by atoms with Gasteiger partial charge in [0.05, 0.1) is 5.69 Å². The fourth-order valence-electron chi connectivity index (χ4n) is 1.77. The molecule has 6 nitrogen and oxygen atoms in total. The maximum atomic E-state index is 11.0. The number of halogens is 1. The summed E-state index contributed by atoms with van der Waals surface area (Å²) in [6.45, 7) is 1.46. The van der Waals surface area contributed by atoms with Crippen LogP contribution in [0.15, 0.2) is 34.8 Å². The number of benzene rings is 1. The standard InChI is InChI=1S/C14H12ClN5OS2/c1-8(21)16-13-17-11(6-22-13)7-23-14-18-12(19-20-14)9-2-4-10(15)5-3-9/h2-6H,7H2,1H3,(H,16,17,21)(H,18,19,20). The van der Waals surface area contributed by atoms with Crippen LogP contribution >= 0.6 is 34.7 Å². The van der Waals surface area contributed by atoms with Gasteiger partial charge in [-0.1, -0.05) is 23.4 Å². The predicted molar refractivity (Wildman–Crippen MR) is 92.8 cm³/mol. The molecule has 0 spiro atoms. The van der Waals surface area contributed by atoms with Gasteiger partial charge in [0.15, 0.2) is 11.0 Å². The van der Waals surface area contributed by atoms with E-state index in [2.05, 4.69) is 25.5 Å². The zero-order valence-electron chi connectivity index (χ0n) is 12.0. The van der Waals surface area contributed by atoms with Gasteiger partial charge in [-0.25, -0.2) is 9.97 Å². The van der Waals surface area contributed by atoms with E-state index in [-0.39, 0.29) is 5.91 Å². The third-order valence-electron chi connectivity index (χ3n) is 2.77. The Hall–Kier alpha value is -1.90. The van der Waals surface area contributed by atoms with E-state index < -0.39 is 0 Å². The van der Waals surface area contributed by atoms with E-state index >= 15 is 0 Å². The Morgan fingerprint density at radius 3 is 2.87 bits per heavy atom. The number of H-pyrrole nitrogens is 1. The molecule has 9 heteroatoms. The molecule has 0 fully saturated rings. The predicted octanol–water partition coefficient (Wildman–Crippen LogP) is 3.83. The molecule has 2 heterocycles. The zero-order chi connectivity index (χ0) is 16.2. The molecule has 0 radical (unpaired) electrons. The summed E-state index contributed by atoms with van der Waals surface area (Å²) >= 11 is 8.75. The lowest BCUT2D eigenvalue weighted by molar-refractivity contribution is -0.114. The van der Waals surface area contributed by atoms with Gasteiger partial charge in [-0.15, -0.1) is 16.4 Å². The van der Waals surface area contributed by atoms with Gasteiger partial charge in [-0.3, -0.25) is 9.89 Å². The van der Waals surface area contributed by atoms with Crippen molar-refractivity contribution < 1.29 is 4.79 Å². The van der Waals surface area contributed by atoms with Crippen molar-refractivity contribution in [2.75, 3.05) is 5.32 Å². The number of nitrogens with one attached hydrogen (secondary N) is 2. The molecule has 0 saturated carbocycles. The Morgan fingerprint density at radius 1 is 1.35 bits per heavy atom. The van der Waals surface area contributed by atoms with E-state index in [1.165, 1.54) is 30.0 Å². The Morgan fingerprint density at radius 2 is 2.13 bits per heavy atom. The fraction of sp³-hybridized carbons (Fsp3) is 0.143. The number of thioether (sulfide) groups is 1. The van der Waals surface area contributed by atoms with Crippen molar-refractivity contribution in [2.24, 2.45) is 0 Å². The van der Waals surface area contributed by atoms with E-state index in [0.717, 1.165) is 11.3 Å². The van der Waals surface area contributed by atoms with Gasteiger partial charge >= 0.3 is 0 Å². The first-order chi connectivity index (χ1) is 11.1. The second-order valence-corrected chi connectivity index (χ2v) is 6.82. The van der Waals surface area contributed by atoms with Gasteiger partial charge in [0.2, 0.25) is 11.1 Å². The van der Waals surface area contributed by atoms with Crippen molar-refractivity contribution in [1.29, 1.82) is 0 Å². The molecule has 0 aliphatic heterocycles. The zero-order valence-corrected chi connectivity index (χ0v) is 14.4. The summed E-state index contributed by atoms with van der Waals surface area (Å²) in [4.78, 5) is 19.7. The molecule has 0 aliphatic carbocycles. The number of rotatable bonds is 5. The molecule has 1 aromatic carbocycles. The van der Waals surface area contributed by atoms with E-state index in [4.69, 9.17) is 11.6 Å². The molecule has 2 aromatic heterocycles. The second kappa shape index (κ2) is 7.12. The summed E-state index contributed by atoms with van der Waals surface area (Å²) in [6, 6.07) is 7.39. The van der Waals surface area contributed by atoms with Gasteiger partial charge in [-0.05, 0) is 24.3 Å². The van der Waals surface area contributed by atoms with Crippen LogP contribution in [-0.2, 0) is 10.5 Å². The van der Waals surface area contributed by atoms with Crippen molar-refractivity contribution in [3.05, 3.63) is 40.4 Å². The summed E-state index contributed by atoms with van der Waals surface area (Å²) < 4.78 is 0. The molecule has 0 unspecified atom stereocenters. The van der Waals surface area contributed by atoms with E-state index in [0.29, 0.717) is 26.9 Å². The van der Waals surface area contributed by atoms with E-state index in [1.54, 1.807) is 0 Å². The maximum Gasteiger partial charge on any atom is 0.223 e. The molecule has 3 aromatic rings. The molecule has 3 rings (SSSR count). The number of anilines is 1. The third kappa shape index (κ3) is 4.31. The topological polar surface area (TPSA) is 83.6 Å². The van der Waals surface area contributed by atoms with Crippen LogP contribution in [0.5, 0.6) is 0 Å². The number of hydrogen-bond acceptors (Lipinski definition) is 6. The molecule has 2 N–H and O–H groups in total. The maximum absolute atomic E-state index is 11.0. The second-order valence-electron chi connectivity index (χ2n) is 4.59. The first-order valence-corrected chi connectivity index (χ1v) is 8.87. The normalized spacial score (nSPS) is 10.7. The Labute approximate surface area is 145 Å². The summed E-state index contributed by atoms with van der Waals surface area (Å²) in [5, 5.41) is 13.6. The molecule has 118 valence electrons.